The van der Waals surface area contributed by atoms with Crippen LogP contribution in [0.3, 0.4) is 0 Å². The Morgan fingerprint density at radius 1 is 1.21 bits per heavy atom. The Balaban J connectivity index is 1.54. The molecule has 0 bridgehead atoms. The molecule has 0 radical (unpaired) electrons. The zero-order chi connectivity index (χ0) is 20.8. The number of nitriles is 1. The van der Waals surface area contributed by atoms with Gasteiger partial charge in [0.2, 0.25) is 5.91 Å². The second-order valence-corrected chi connectivity index (χ2v) is 6.74. The van der Waals surface area contributed by atoms with E-state index >= 15 is 0 Å². The summed E-state index contributed by atoms with van der Waals surface area (Å²) in [5.41, 5.74) is 2.58. The summed E-state index contributed by atoms with van der Waals surface area (Å²) in [6.07, 6.45) is 0.956. The third-order valence-electron chi connectivity index (χ3n) is 4.78. The zero-order valence-corrected chi connectivity index (χ0v) is 16.1. The summed E-state index contributed by atoms with van der Waals surface area (Å²) in [4.78, 5) is 38.2. The van der Waals surface area contributed by atoms with E-state index < -0.39 is 24.4 Å². The normalized spacial score (nSPS) is 15.7. The fourth-order valence-electron chi connectivity index (χ4n) is 3.16. The number of anilines is 2. The molecule has 7 nitrogen and oxygen atoms in total. The summed E-state index contributed by atoms with van der Waals surface area (Å²) < 4.78 is 5.09. The fourth-order valence-corrected chi connectivity index (χ4v) is 3.16. The summed E-state index contributed by atoms with van der Waals surface area (Å²) in [7, 11) is 0. The Morgan fingerprint density at radius 2 is 1.93 bits per heavy atom. The first-order chi connectivity index (χ1) is 14.0. The molecule has 0 aromatic heterocycles. The lowest BCUT2D eigenvalue weighted by molar-refractivity contribution is -0.151. The van der Waals surface area contributed by atoms with Gasteiger partial charge in [-0.15, -0.1) is 0 Å². The van der Waals surface area contributed by atoms with Gasteiger partial charge >= 0.3 is 5.97 Å². The van der Waals surface area contributed by atoms with Crippen molar-refractivity contribution < 1.29 is 19.1 Å². The van der Waals surface area contributed by atoms with Gasteiger partial charge in [0.1, 0.15) is 6.07 Å². The molecule has 2 amide bonds. The number of amides is 2. The van der Waals surface area contributed by atoms with Crippen molar-refractivity contribution in [2.45, 2.75) is 19.8 Å². The van der Waals surface area contributed by atoms with Gasteiger partial charge in [-0.1, -0.05) is 31.2 Å². The number of hydrogen-bond donors (Lipinski definition) is 1. The first-order valence-corrected chi connectivity index (χ1v) is 9.36. The predicted molar refractivity (Wildman–Crippen MR) is 107 cm³/mol. The first kappa shape index (κ1) is 20.1. The standard InChI is InChI=1S/C22H21N3O4/c1-2-15-7-9-18(10-8-15)25-13-17(11-21(25)27)22(28)29-14-20(26)24-19-6-4-3-5-16(19)12-23/h3-10,17H,2,11,13-14H2,1H3,(H,24,26)/t17-/m1/s1. The van der Waals surface area contributed by atoms with Crippen LogP contribution in [0, 0.1) is 17.2 Å². The molecule has 29 heavy (non-hydrogen) atoms. The molecule has 0 aliphatic carbocycles. The quantitative estimate of drug-likeness (QED) is 0.763. The number of para-hydroxylation sites is 1. The van der Waals surface area contributed by atoms with E-state index in [-0.39, 0.29) is 18.9 Å². The molecule has 2 aromatic carbocycles. The van der Waals surface area contributed by atoms with Gasteiger partial charge in [0.15, 0.2) is 6.61 Å². The van der Waals surface area contributed by atoms with E-state index in [0.29, 0.717) is 11.3 Å². The first-order valence-electron chi connectivity index (χ1n) is 9.36. The van der Waals surface area contributed by atoms with E-state index in [1.165, 1.54) is 5.56 Å². The highest BCUT2D eigenvalue weighted by atomic mass is 16.5. The summed E-state index contributed by atoms with van der Waals surface area (Å²) >= 11 is 0. The van der Waals surface area contributed by atoms with Gasteiger partial charge in [-0.2, -0.15) is 5.26 Å². The minimum absolute atomic E-state index is 0.0489. The number of aryl methyl sites for hydroxylation is 1. The predicted octanol–water partition coefficient (Wildman–Crippen LogP) is 2.66. The Kier molecular flexibility index (Phi) is 6.25. The number of carbonyl (C=O) groups excluding carboxylic acids is 3. The van der Waals surface area contributed by atoms with Crippen molar-refractivity contribution in [3.8, 4) is 6.07 Å². The number of esters is 1. The third-order valence-corrected chi connectivity index (χ3v) is 4.78. The second kappa shape index (κ2) is 9.02. The van der Waals surface area contributed by atoms with E-state index in [0.717, 1.165) is 12.1 Å². The lowest BCUT2D eigenvalue weighted by atomic mass is 10.1. The maximum atomic E-state index is 12.3. The van der Waals surface area contributed by atoms with Gasteiger partial charge in [0, 0.05) is 18.7 Å². The molecular formula is C22H21N3O4. The van der Waals surface area contributed by atoms with Gasteiger partial charge in [-0.3, -0.25) is 14.4 Å². The lowest BCUT2D eigenvalue weighted by Crippen LogP contribution is -2.28. The van der Waals surface area contributed by atoms with Crippen LogP contribution in [0.15, 0.2) is 48.5 Å². The Hall–Kier alpha value is -3.66. The SMILES string of the molecule is CCc1ccc(N2C[C@H](C(=O)OCC(=O)Nc3ccccc3C#N)CC2=O)cc1. The molecule has 1 heterocycles. The zero-order valence-electron chi connectivity index (χ0n) is 16.1. The maximum Gasteiger partial charge on any atom is 0.311 e. The molecular weight excluding hydrogens is 370 g/mol. The molecule has 1 fully saturated rings. The van der Waals surface area contributed by atoms with E-state index in [4.69, 9.17) is 10.00 Å². The third kappa shape index (κ3) is 4.79. The molecule has 7 heteroatoms. The van der Waals surface area contributed by atoms with Gasteiger partial charge in [-0.05, 0) is 36.2 Å². The minimum Gasteiger partial charge on any atom is -0.455 e. The summed E-state index contributed by atoms with van der Waals surface area (Å²) in [6.45, 7) is 1.80. The summed E-state index contributed by atoms with van der Waals surface area (Å²) in [6, 6.07) is 16.2. The van der Waals surface area contributed by atoms with E-state index in [2.05, 4.69) is 12.2 Å². The van der Waals surface area contributed by atoms with Crippen molar-refractivity contribution in [2.75, 3.05) is 23.4 Å². The monoisotopic (exact) mass is 391 g/mol. The van der Waals surface area contributed by atoms with E-state index in [9.17, 15) is 14.4 Å². The fraction of sp³-hybridized carbons (Fsp3) is 0.273. The van der Waals surface area contributed by atoms with Crippen molar-refractivity contribution >= 4 is 29.2 Å². The van der Waals surface area contributed by atoms with Gasteiger partial charge in [0.05, 0.1) is 17.2 Å². The van der Waals surface area contributed by atoms with Crippen molar-refractivity contribution in [3.05, 3.63) is 59.7 Å². The summed E-state index contributed by atoms with van der Waals surface area (Å²) in [5.74, 6) is -1.90. The number of carbonyl (C=O) groups is 3. The maximum absolute atomic E-state index is 12.3. The van der Waals surface area contributed by atoms with Crippen molar-refractivity contribution in [1.29, 1.82) is 5.26 Å². The van der Waals surface area contributed by atoms with Crippen LogP contribution in [-0.2, 0) is 25.5 Å². The average Bonchev–Trinajstić information content (AvgIpc) is 3.14. The van der Waals surface area contributed by atoms with Crippen LogP contribution in [-0.4, -0.2) is 30.9 Å². The number of nitrogens with one attached hydrogen (secondary N) is 1. The van der Waals surface area contributed by atoms with Gasteiger partial charge in [-0.25, -0.2) is 0 Å². The molecule has 1 aliphatic rings. The van der Waals surface area contributed by atoms with Crippen molar-refractivity contribution in [2.24, 2.45) is 5.92 Å². The topological polar surface area (TPSA) is 99.5 Å². The number of benzene rings is 2. The molecule has 0 unspecified atom stereocenters. The number of nitrogens with zero attached hydrogens (tertiary/aromatic N) is 2. The Labute approximate surface area is 168 Å². The molecule has 1 N–H and O–H groups in total. The highest BCUT2D eigenvalue weighted by Gasteiger charge is 2.36. The minimum atomic E-state index is -0.618. The Morgan fingerprint density at radius 3 is 2.62 bits per heavy atom. The largest absolute Gasteiger partial charge is 0.455 e. The van der Waals surface area contributed by atoms with Crippen LogP contribution in [0.2, 0.25) is 0 Å². The molecule has 0 saturated carbocycles. The summed E-state index contributed by atoms with van der Waals surface area (Å²) in [5, 5.41) is 11.6. The molecule has 0 spiro atoms. The van der Waals surface area contributed by atoms with E-state index in [1.54, 1.807) is 29.2 Å². The second-order valence-electron chi connectivity index (χ2n) is 6.74. The lowest BCUT2D eigenvalue weighted by Gasteiger charge is -2.17. The van der Waals surface area contributed by atoms with Crippen LogP contribution < -0.4 is 10.2 Å². The van der Waals surface area contributed by atoms with Gasteiger partial charge < -0.3 is 15.0 Å². The van der Waals surface area contributed by atoms with Crippen LogP contribution in [0.25, 0.3) is 0 Å². The highest BCUT2D eigenvalue weighted by molar-refractivity contribution is 6.00. The molecule has 3 rings (SSSR count). The van der Waals surface area contributed by atoms with Crippen LogP contribution >= 0.6 is 0 Å². The van der Waals surface area contributed by atoms with Crippen LogP contribution in [0.1, 0.15) is 24.5 Å². The highest BCUT2D eigenvalue weighted by Crippen LogP contribution is 2.26. The Bertz CT molecular complexity index is 963. The average molecular weight is 391 g/mol. The smallest absolute Gasteiger partial charge is 0.311 e. The molecule has 1 atom stereocenters. The van der Waals surface area contributed by atoms with Crippen LogP contribution in [0.4, 0.5) is 11.4 Å². The number of hydrogen-bond acceptors (Lipinski definition) is 5. The van der Waals surface area contributed by atoms with Crippen molar-refractivity contribution in [3.63, 3.8) is 0 Å². The molecule has 2 aromatic rings. The molecule has 1 aliphatic heterocycles. The van der Waals surface area contributed by atoms with Gasteiger partial charge in [0.25, 0.3) is 5.91 Å². The van der Waals surface area contributed by atoms with Crippen molar-refractivity contribution in [1.82, 2.24) is 0 Å². The molecule has 1 saturated heterocycles. The van der Waals surface area contributed by atoms with E-state index in [1.807, 2.05) is 30.3 Å². The number of rotatable bonds is 6. The molecule has 148 valence electrons. The van der Waals surface area contributed by atoms with Crippen LogP contribution in [0.5, 0.6) is 0 Å². The number of ether oxygens (including phenoxy) is 1.